The van der Waals surface area contributed by atoms with Gasteiger partial charge in [-0.15, -0.1) is 0 Å². The number of aliphatic hydroxyl groups is 1. The lowest BCUT2D eigenvalue weighted by Gasteiger charge is -2.23. The largest absolute Gasteiger partial charge is 0.480 e. The minimum Gasteiger partial charge on any atom is -0.480 e. The molecule has 1 fully saturated rings. The Balaban J connectivity index is 1.27. The van der Waals surface area contributed by atoms with Gasteiger partial charge in [-0.1, -0.05) is 55.5 Å². The zero-order valence-corrected chi connectivity index (χ0v) is 18.4. The van der Waals surface area contributed by atoms with Crippen molar-refractivity contribution in [2.45, 2.75) is 37.8 Å². The average molecular weight is 453 g/mol. The summed E-state index contributed by atoms with van der Waals surface area (Å²) >= 11 is 0. The van der Waals surface area contributed by atoms with Crippen LogP contribution in [0.25, 0.3) is 11.1 Å². The van der Waals surface area contributed by atoms with Crippen molar-refractivity contribution in [2.75, 3.05) is 19.7 Å². The second kappa shape index (κ2) is 9.62. The first kappa shape index (κ1) is 22.8. The highest BCUT2D eigenvalue weighted by atomic mass is 16.5. The number of aliphatic carboxylic acids is 1. The minimum atomic E-state index is -1.12. The predicted octanol–water partition coefficient (Wildman–Crippen LogP) is 2.60. The molecule has 1 aliphatic heterocycles. The standard InChI is InChI=1S/C25H28N2O6/c1-15(10-23(29)27-13-16(28)11-22(27)24(30)31)12-26-25(32)33-14-21-19-8-4-2-6-17(19)18-7-3-5-9-20(18)21/h2-9,15-16,21-22,28H,10-14H2,1H3,(H,26,32)(H,30,31). The van der Waals surface area contributed by atoms with Crippen molar-refractivity contribution in [3.05, 3.63) is 59.7 Å². The molecule has 1 heterocycles. The van der Waals surface area contributed by atoms with Gasteiger partial charge in [-0.25, -0.2) is 9.59 Å². The van der Waals surface area contributed by atoms with E-state index in [9.17, 15) is 24.6 Å². The summed E-state index contributed by atoms with van der Waals surface area (Å²) in [5.74, 6) is -1.72. The molecule has 2 aliphatic rings. The highest BCUT2D eigenvalue weighted by molar-refractivity contribution is 5.84. The van der Waals surface area contributed by atoms with Gasteiger partial charge in [-0.2, -0.15) is 0 Å². The molecular weight excluding hydrogens is 424 g/mol. The molecule has 8 heteroatoms. The molecule has 3 atom stereocenters. The number of ether oxygens (including phenoxy) is 1. The first-order chi connectivity index (χ1) is 15.8. The van der Waals surface area contributed by atoms with Crippen molar-refractivity contribution >= 4 is 18.0 Å². The first-order valence-corrected chi connectivity index (χ1v) is 11.1. The van der Waals surface area contributed by atoms with Crippen LogP contribution in [0.15, 0.2) is 48.5 Å². The number of carbonyl (C=O) groups is 3. The maximum Gasteiger partial charge on any atom is 0.407 e. The van der Waals surface area contributed by atoms with E-state index in [0.717, 1.165) is 22.3 Å². The van der Waals surface area contributed by atoms with Crippen molar-refractivity contribution in [2.24, 2.45) is 5.92 Å². The molecule has 4 rings (SSSR count). The third-order valence-corrected chi connectivity index (χ3v) is 6.35. The van der Waals surface area contributed by atoms with E-state index in [1.807, 2.05) is 24.3 Å². The van der Waals surface area contributed by atoms with E-state index in [1.54, 1.807) is 6.92 Å². The molecule has 0 bridgehead atoms. The Bertz CT molecular complexity index is 1010. The number of amides is 2. The van der Waals surface area contributed by atoms with Crippen LogP contribution in [0.2, 0.25) is 0 Å². The Labute approximate surface area is 192 Å². The van der Waals surface area contributed by atoms with Crippen LogP contribution in [0.4, 0.5) is 4.79 Å². The zero-order chi connectivity index (χ0) is 23.5. The third kappa shape index (κ3) is 4.85. The molecule has 3 N–H and O–H groups in total. The number of likely N-dealkylation sites (tertiary alicyclic amines) is 1. The van der Waals surface area contributed by atoms with Gasteiger partial charge >= 0.3 is 12.1 Å². The van der Waals surface area contributed by atoms with E-state index < -0.39 is 24.2 Å². The van der Waals surface area contributed by atoms with E-state index in [-0.39, 0.29) is 50.3 Å². The summed E-state index contributed by atoms with van der Waals surface area (Å²) in [5.41, 5.74) is 4.57. The Morgan fingerprint density at radius 1 is 1.09 bits per heavy atom. The van der Waals surface area contributed by atoms with Crippen LogP contribution in [0.1, 0.15) is 36.8 Å². The minimum absolute atomic E-state index is 0.0162. The van der Waals surface area contributed by atoms with Gasteiger partial charge in [-0.05, 0) is 28.2 Å². The number of carboxylic acids is 1. The summed E-state index contributed by atoms with van der Waals surface area (Å²) in [6.07, 6.45) is -1.28. The summed E-state index contributed by atoms with van der Waals surface area (Å²) in [6, 6.07) is 15.2. The summed E-state index contributed by atoms with van der Waals surface area (Å²) in [5, 5.41) is 21.7. The Hall–Kier alpha value is -3.39. The predicted molar refractivity (Wildman–Crippen MR) is 121 cm³/mol. The SMILES string of the molecule is CC(CNC(=O)OCC1c2ccccc2-c2ccccc21)CC(=O)N1CC(O)CC1C(=O)O. The second-order valence-corrected chi connectivity index (χ2v) is 8.81. The molecule has 2 amide bonds. The number of carboxylic acid groups (broad SMARTS) is 1. The molecule has 1 aliphatic carbocycles. The number of rotatable bonds is 7. The van der Waals surface area contributed by atoms with Gasteiger partial charge in [0.05, 0.1) is 6.10 Å². The molecule has 0 aromatic heterocycles. The number of hydrogen-bond donors (Lipinski definition) is 3. The normalized spacial score (nSPS) is 20.1. The van der Waals surface area contributed by atoms with Crippen LogP contribution in [0.3, 0.4) is 0 Å². The number of fused-ring (bicyclic) bond motifs is 3. The van der Waals surface area contributed by atoms with Crippen molar-refractivity contribution < 1.29 is 29.3 Å². The monoisotopic (exact) mass is 452 g/mol. The van der Waals surface area contributed by atoms with Crippen LogP contribution >= 0.6 is 0 Å². The fraction of sp³-hybridized carbons (Fsp3) is 0.400. The Morgan fingerprint density at radius 2 is 1.70 bits per heavy atom. The smallest absolute Gasteiger partial charge is 0.407 e. The van der Waals surface area contributed by atoms with E-state index >= 15 is 0 Å². The number of β-amino-alcohol motifs (C(OH)–C–C–N with tert-alkyl or cyclic N) is 1. The van der Waals surface area contributed by atoms with Crippen LogP contribution in [-0.2, 0) is 14.3 Å². The van der Waals surface area contributed by atoms with Crippen LogP contribution in [-0.4, -0.2) is 64.9 Å². The van der Waals surface area contributed by atoms with E-state index in [4.69, 9.17) is 4.74 Å². The molecular formula is C25H28N2O6. The highest BCUT2D eigenvalue weighted by Crippen LogP contribution is 2.44. The molecule has 8 nitrogen and oxygen atoms in total. The molecule has 174 valence electrons. The van der Waals surface area contributed by atoms with Crippen molar-refractivity contribution in [3.63, 3.8) is 0 Å². The maximum absolute atomic E-state index is 12.5. The van der Waals surface area contributed by atoms with Gasteiger partial charge in [0.1, 0.15) is 12.6 Å². The van der Waals surface area contributed by atoms with Crippen LogP contribution in [0.5, 0.6) is 0 Å². The highest BCUT2D eigenvalue weighted by Gasteiger charge is 2.39. The van der Waals surface area contributed by atoms with Crippen LogP contribution < -0.4 is 5.32 Å². The lowest BCUT2D eigenvalue weighted by Crippen LogP contribution is -2.42. The average Bonchev–Trinajstić information content (AvgIpc) is 3.35. The van der Waals surface area contributed by atoms with Crippen molar-refractivity contribution in [3.8, 4) is 11.1 Å². The van der Waals surface area contributed by atoms with Gasteiger partial charge in [-0.3, -0.25) is 4.79 Å². The van der Waals surface area contributed by atoms with Gasteiger partial charge < -0.3 is 25.2 Å². The van der Waals surface area contributed by atoms with Gasteiger partial charge in [0, 0.05) is 31.8 Å². The number of nitrogens with zero attached hydrogens (tertiary/aromatic N) is 1. The lowest BCUT2D eigenvalue weighted by atomic mass is 9.98. The number of hydrogen-bond acceptors (Lipinski definition) is 5. The number of nitrogens with one attached hydrogen (secondary N) is 1. The number of carbonyl (C=O) groups excluding carboxylic acids is 2. The Kier molecular flexibility index (Phi) is 6.65. The maximum atomic E-state index is 12.5. The summed E-state index contributed by atoms with van der Waals surface area (Å²) < 4.78 is 5.50. The van der Waals surface area contributed by atoms with Gasteiger partial charge in [0.25, 0.3) is 0 Å². The molecule has 2 aromatic carbocycles. The molecule has 0 radical (unpaired) electrons. The van der Waals surface area contributed by atoms with Crippen molar-refractivity contribution in [1.29, 1.82) is 0 Å². The quantitative estimate of drug-likeness (QED) is 0.595. The zero-order valence-electron chi connectivity index (χ0n) is 18.4. The fourth-order valence-electron chi connectivity index (χ4n) is 4.72. The second-order valence-electron chi connectivity index (χ2n) is 8.81. The molecule has 0 spiro atoms. The number of aliphatic hydroxyl groups excluding tert-OH is 1. The van der Waals surface area contributed by atoms with Gasteiger partial charge in [0.2, 0.25) is 5.91 Å². The molecule has 1 saturated heterocycles. The number of alkyl carbamates (subject to hydrolysis) is 1. The summed E-state index contributed by atoms with van der Waals surface area (Å²) in [6.45, 7) is 2.24. The Morgan fingerprint density at radius 3 is 2.30 bits per heavy atom. The lowest BCUT2D eigenvalue weighted by molar-refractivity contribution is -0.148. The van der Waals surface area contributed by atoms with Crippen LogP contribution in [0, 0.1) is 5.92 Å². The molecule has 3 unspecified atom stereocenters. The summed E-state index contributed by atoms with van der Waals surface area (Å²) in [4.78, 5) is 37.3. The van der Waals surface area contributed by atoms with E-state index in [0.29, 0.717) is 0 Å². The third-order valence-electron chi connectivity index (χ3n) is 6.35. The van der Waals surface area contributed by atoms with E-state index in [1.165, 1.54) is 4.90 Å². The molecule has 2 aromatic rings. The first-order valence-electron chi connectivity index (χ1n) is 11.1. The topological polar surface area (TPSA) is 116 Å². The van der Waals surface area contributed by atoms with E-state index in [2.05, 4.69) is 29.6 Å². The molecule has 33 heavy (non-hydrogen) atoms. The number of benzene rings is 2. The fourth-order valence-corrected chi connectivity index (χ4v) is 4.72. The van der Waals surface area contributed by atoms with Gasteiger partial charge in [0.15, 0.2) is 0 Å². The molecule has 0 saturated carbocycles. The summed E-state index contributed by atoms with van der Waals surface area (Å²) in [7, 11) is 0. The van der Waals surface area contributed by atoms with Crippen molar-refractivity contribution in [1.82, 2.24) is 10.2 Å².